The Balaban J connectivity index is 1.52. The van der Waals surface area contributed by atoms with E-state index in [1.807, 2.05) is 0 Å². The molecule has 4 rings (SSSR count). The van der Waals surface area contributed by atoms with Crippen molar-refractivity contribution in [3.63, 3.8) is 0 Å². The van der Waals surface area contributed by atoms with E-state index in [9.17, 15) is 14.4 Å². The Morgan fingerprint density at radius 1 is 1.18 bits per heavy atom. The largest absolute Gasteiger partial charge is 0.366 e. The normalized spacial score (nSPS) is 10.9. The van der Waals surface area contributed by atoms with Gasteiger partial charge in [0.25, 0.3) is 5.91 Å². The summed E-state index contributed by atoms with van der Waals surface area (Å²) in [5.41, 5.74) is 6.85. The zero-order chi connectivity index (χ0) is 23.7. The molecule has 3 amide bonds. The zero-order valence-electron chi connectivity index (χ0n) is 17.8. The van der Waals surface area contributed by atoms with Gasteiger partial charge in [0.15, 0.2) is 5.82 Å². The predicted octanol–water partition coefficient (Wildman–Crippen LogP) is 3.41. The van der Waals surface area contributed by atoms with Crippen molar-refractivity contribution in [3.05, 3.63) is 70.7 Å². The summed E-state index contributed by atoms with van der Waals surface area (Å²) in [7, 11) is 3.25. The number of nitrogens with zero attached hydrogens (tertiary/aromatic N) is 2. The second-order valence-electron chi connectivity index (χ2n) is 7.56. The first-order chi connectivity index (χ1) is 15.7. The summed E-state index contributed by atoms with van der Waals surface area (Å²) in [5.74, 6) is -1.66. The second kappa shape index (κ2) is 8.83. The Kier molecular flexibility index (Phi) is 5.93. The summed E-state index contributed by atoms with van der Waals surface area (Å²) in [6.45, 7) is 0. The van der Waals surface area contributed by atoms with Crippen molar-refractivity contribution in [2.75, 3.05) is 19.4 Å². The topological polar surface area (TPSA) is 121 Å². The molecule has 0 spiro atoms. The number of nitrogens with two attached hydrogens (primary N) is 1. The third-order valence-electron chi connectivity index (χ3n) is 4.93. The standard InChI is InChI=1S/C23H20FN5O3S/c1-29(2)23(32)16-9-12-6-7-15(20(24)21(12)28-16)17-11-26-19(33-17)10-18(30)27-14-5-3-4-13(8-14)22(25)31/h3-9,11,28H,10H2,1-2H3,(H2,25,31)(H,27,30). The summed E-state index contributed by atoms with van der Waals surface area (Å²) >= 11 is 1.20. The molecule has 168 valence electrons. The van der Waals surface area contributed by atoms with Crippen molar-refractivity contribution in [1.29, 1.82) is 0 Å². The number of anilines is 1. The molecular weight excluding hydrogens is 445 g/mol. The van der Waals surface area contributed by atoms with Gasteiger partial charge in [-0.3, -0.25) is 14.4 Å². The smallest absolute Gasteiger partial charge is 0.269 e. The van der Waals surface area contributed by atoms with Gasteiger partial charge in [-0.15, -0.1) is 11.3 Å². The van der Waals surface area contributed by atoms with Crippen molar-refractivity contribution < 1.29 is 18.8 Å². The molecule has 0 radical (unpaired) electrons. The number of carbonyl (C=O) groups excluding carboxylic acids is 3. The molecule has 4 N–H and O–H groups in total. The molecule has 0 unspecified atom stereocenters. The minimum atomic E-state index is -0.588. The minimum absolute atomic E-state index is 0.0146. The number of carbonyl (C=O) groups is 3. The number of primary amides is 1. The average Bonchev–Trinajstić information content (AvgIpc) is 3.41. The third kappa shape index (κ3) is 4.60. The molecule has 0 fully saturated rings. The van der Waals surface area contributed by atoms with Gasteiger partial charge in [-0.05, 0) is 30.3 Å². The minimum Gasteiger partial charge on any atom is -0.366 e. The molecule has 2 heterocycles. The molecule has 2 aromatic heterocycles. The van der Waals surface area contributed by atoms with Gasteiger partial charge in [-0.1, -0.05) is 12.1 Å². The summed E-state index contributed by atoms with van der Waals surface area (Å²) in [6, 6.07) is 11.3. The lowest BCUT2D eigenvalue weighted by Gasteiger charge is -2.07. The first-order valence-corrected chi connectivity index (χ1v) is 10.7. The van der Waals surface area contributed by atoms with E-state index in [1.54, 1.807) is 50.5 Å². The van der Waals surface area contributed by atoms with E-state index in [-0.39, 0.29) is 29.3 Å². The number of hydrogen-bond acceptors (Lipinski definition) is 5. The van der Waals surface area contributed by atoms with E-state index < -0.39 is 11.7 Å². The number of amides is 3. The molecule has 2 aromatic carbocycles. The van der Waals surface area contributed by atoms with Crippen molar-refractivity contribution in [1.82, 2.24) is 14.9 Å². The number of halogens is 1. The fourth-order valence-corrected chi connectivity index (χ4v) is 4.26. The molecule has 0 atom stereocenters. The number of nitrogens with one attached hydrogen (secondary N) is 2. The van der Waals surface area contributed by atoms with Crippen LogP contribution in [0.3, 0.4) is 0 Å². The number of benzene rings is 2. The lowest BCUT2D eigenvalue weighted by molar-refractivity contribution is -0.115. The SMILES string of the molecule is CN(C)C(=O)c1cc2ccc(-c3cnc(CC(=O)Nc4cccc(C(N)=O)c4)s3)c(F)c2[nH]1. The molecule has 0 saturated carbocycles. The van der Waals surface area contributed by atoms with E-state index in [0.717, 1.165) is 0 Å². The zero-order valence-corrected chi connectivity index (χ0v) is 18.6. The number of H-pyrrole nitrogens is 1. The van der Waals surface area contributed by atoms with Crippen molar-refractivity contribution in [2.45, 2.75) is 6.42 Å². The molecular formula is C23H20FN5O3S. The van der Waals surface area contributed by atoms with Crippen LogP contribution in [0.4, 0.5) is 10.1 Å². The van der Waals surface area contributed by atoms with Crippen LogP contribution in [0.5, 0.6) is 0 Å². The molecule has 8 nitrogen and oxygen atoms in total. The number of fused-ring (bicyclic) bond motifs is 1. The third-order valence-corrected chi connectivity index (χ3v) is 5.96. The highest BCUT2D eigenvalue weighted by molar-refractivity contribution is 7.15. The van der Waals surface area contributed by atoms with Gasteiger partial charge in [-0.25, -0.2) is 9.37 Å². The maximum absolute atomic E-state index is 15.2. The number of hydrogen-bond donors (Lipinski definition) is 3. The Labute approximate surface area is 192 Å². The van der Waals surface area contributed by atoms with E-state index in [2.05, 4.69) is 15.3 Å². The predicted molar refractivity (Wildman–Crippen MR) is 125 cm³/mol. The van der Waals surface area contributed by atoms with Gasteiger partial charge >= 0.3 is 0 Å². The number of aromatic amines is 1. The molecule has 0 saturated heterocycles. The molecule has 0 aliphatic carbocycles. The first kappa shape index (κ1) is 22.2. The summed E-state index contributed by atoms with van der Waals surface area (Å²) in [5, 5.41) is 3.79. The molecule has 0 aliphatic heterocycles. The summed E-state index contributed by atoms with van der Waals surface area (Å²) < 4.78 is 15.2. The molecule has 4 aromatic rings. The highest BCUT2D eigenvalue weighted by Crippen LogP contribution is 2.33. The fraction of sp³-hybridized carbons (Fsp3) is 0.130. The van der Waals surface area contributed by atoms with Gasteiger partial charge in [0.2, 0.25) is 11.8 Å². The number of thiazole rings is 1. The summed E-state index contributed by atoms with van der Waals surface area (Å²) in [6.07, 6.45) is 1.50. The Hall–Kier alpha value is -4.05. The summed E-state index contributed by atoms with van der Waals surface area (Å²) in [4.78, 5) is 44.9. The molecule has 0 aliphatic rings. The van der Waals surface area contributed by atoms with Gasteiger partial charge in [0.1, 0.15) is 10.7 Å². The Morgan fingerprint density at radius 3 is 2.70 bits per heavy atom. The van der Waals surface area contributed by atoms with E-state index in [4.69, 9.17) is 5.73 Å². The van der Waals surface area contributed by atoms with E-state index >= 15 is 4.39 Å². The lowest BCUT2D eigenvalue weighted by atomic mass is 10.1. The van der Waals surface area contributed by atoms with Crippen molar-refractivity contribution >= 4 is 45.6 Å². The van der Waals surface area contributed by atoms with Gasteiger partial charge < -0.3 is 20.9 Å². The molecule has 33 heavy (non-hydrogen) atoms. The van der Waals surface area contributed by atoms with Crippen LogP contribution in [0.15, 0.2) is 48.7 Å². The monoisotopic (exact) mass is 465 g/mol. The quantitative estimate of drug-likeness (QED) is 0.404. The van der Waals surface area contributed by atoms with Crippen LogP contribution in [-0.4, -0.2) is 46.7 Å². The fourth-order valence-electron chi connectivity index (χ4n) is 3.32. The Bertz CT molecular complexity index is 1390. The molecule has 10 heteroatoms. The van der Waals surface area contributed by atoms with E-state index in [0.29, 0.717) is 32.2 Å². The van der Waals surface area contributed by atoms with Gasteiger partial charge in [-0.2, -0.15) is 0 Å². The highest BCUT2D eigenvalue weighted by Gasteiger charge is 2.18. The van der Waals surface area contributed by atoms with Crippen LogP contribution in [0, 0.1) is 5.82 Å². The molecule has 0 bridgehead atoms. The highest BCUT2D eigenvalue weighted by atomic mass is 32.1. The van der Waals surface area contributed by atoms with Crippen LogP contribution in [0.25, 0.3) is 21.3 Å². The second-order valence-corrected chi connectivity index (χ2v) is 8.68. The number of aromatic nitrogens is 2. The van der Waals surface area contributed by atoms with Crippen LogP contribution >= 0.6 is 11.3 Å². The van der Waals surface area contributed by atoms with E-state index in [1.165, 1.54) is 28.5 Å². The maximum Gasteiger partial charge on any atom is 0.269 e. The van der Waals surface area contributed by atoms with Gasteiger partial charge in [0, 0.05) is 42.5 Å². The first-order valence-electron chi connectivity index (χ1n) is 9.90. The van der Waals surface area contributed by atoms with Crippen LogP contribution in [0.2, 0.25) is 0 Å². The van der Waals surface area contributed by atoms with Crippen LogP contribution in [-0.2, 0) is 11.2 Å². The maximum atomic E-state index is 15.2. The lowest BCUT2D eigenvalue weighted by Crippen LogP contribution is -2.21. The number of rotatable bonds is 6. The van der Waals surface area contributed by atoms with Gasteiger partial charge in [0.05, 0.1) is 16.8 Å². The Morgan fingerprint density at radius 2 is 1.97 bits per heavy atom. The van der Waals surface area contributed by atoms with Crippen molar-refractivity contribution in [2.24, 2.45) is 5.73 Å². The average molecular weight is 466 g/mol. The van der Waals surface area contributed by atoms with Crippen molar-refractivity contribution in [3.8, 4) is 10.4 Å². The van der Waals surface area contributed by atoms with Crippen LogP contribution in [0.1, 0.15) is 25.9 Å². The van der Waals surface area contributed by atoms with Crippen LogP contribution < -0.4 is 11.1 Å².